The van der Waals surface area contributed by atoms with E-state index in [1.54, 1.807) is 22.7 Å². The third-order valence-corrected chi connectivity index (χ3v) is 5.65. The van der Waals surface area contributed by atoms with E-state index in [4.69, 9.17) is 0 Å². The summed E-state index contributed by atoms with van der Waals surface area (Å²) in [5.74, 6) is 0.0206. The van der Waals surface area contributed by atoms with Gasteiger partial charge in [0.1, 0.15) is 0 Å². The summed E-state index contributed by atoms with van der Waals surface area (Å²) in [5.41, 5.74) is 0.741. The molecule has 1 aromatic carbocycles. The predicted molar refractivity (Wildman–Crippen MR) is 112 cm³/mol. The van der Waals surface area contributed by atoms with Crippen molar-refractivity contribution in [2.45, 2.75) is 37.6 Å². The molecule has 0 radical (unpaired) electrons. The number of alkyl halides is 3. The van der Waals surface area contributed by atoms with Gasteiger partial charge in [-0.3, -0.25) is 14.5 Å². The number of aromatic nitrogens is 5. The van der Waals surface area contributed by atoms with E-state index in [-0.39, 0.29) is 17.2 Å². The number of halogens is 3. The summed E-state index contributed by atoms with van der Waals surface area (Å²) < 4.78 is 42.7. The molecule has 1 N–H and O–H groups in total. The summed E-state index contributed by atoms with van der Waals surface area (Å²) in [6, 6.07) is 8.92. The maximum absolute atomic E-state index is 13.1. The molecule has 0 spiro atoms. The van der Waals surface area contributed by atoms with Crippen molar-refractivity contribution in [1.82, 2.24) is 24.1 Å². The molecule has 0 saturated carbocycles. The number of fused-ring (bicyclic) bond motifs is 2. The molecule has 7 nitrogen and oxygen atoms in total. The Morgan fingerprint density at radius 2 is 2.03 bits per heavy atom. The summed E-state index contributed by atoms with van der Waals surface area (Å²) in [7, 11) is 0. The van der Waals surface area contributed by atoms with Crippen LogP contribution in [0.3, 0.4) is 0 Å². The SMILES string of the molecule is CCCCn1c(SCC(=O)Nc2nnc3ccccn23)nc2cc(C(F)(F)F)ccc21. The molecule has 1 amide bonds. The van der Waals surface area contributed by atoms with Gasteiger partial charge in [-0.1, -0.05) is 31.2 Å². The fraction of sp³-hybridized carbons (Fsp3) is 0.300. The number of rotatable bonds is 7. The molecule has 0 unspecified atom stereocenters. The van der Waals surface area contributed by atoms with Crippen LogP contribution in [0.1, 0.15) is 25.3 Å². The zero-order chi connectivity index (χ0) is 22.0. The molecule has 0 saturated heterocycles. The van der Waals surface area contributed by atoms with Crippen LogP contribution in [-0.4, -0.2) is 35.8 Å². The zero-order valence-electron chi connectivity index (χ0n) is 16.6. The van der Waals surface area contributed by atoms with Crippen LogP contribution in [0.5, 0.6) is 0 Å². The molecule has 0 aliphatic rings. The van der Waals surface area contributed by atoms with E-state index in [0.717, 1.165) is 25.0 Å². The summed E-state index contributed by atoms with van der Waals surface area (Å²) in [6.45, 7) is 2.64. The molecule has 162 valence electrons. The fourth-order valence-electron chi connectivity index (χ4n) is 3.14. The molecular weight excluding hydrogens is 429 g/mol. The van der Waals surface area contributed by atoms with Crippen molar-refractivity contribution in [2.24, 2.45) is 0 Å². The van der Waals surface area contributed by atoms with E-state index in [1.807, 2.05) is 17.6 Å². The summed E-state index contributed by atoms with van der Waals surface area (Å²) in [6.07, 6.45) is -0.932. The number of anilines is 1. The smallest absolute Gasteiger partial charge is 0.319 e. The average Bonchev–Trinajstić information content (AvgIpc) is 3.30. The second-order valence-electron chi connectivity index (χ2n) is 6.89. The number of unbranched alkanes of at least 4 members (excludes halogenated alkanes) is 1. The number of benzene rings is 1. The Balaban J connectivity index is 1.54. The molecule has 4 rings (SSSR count). The number of nitrogens with zero attached hydrogens (tertiary/aromatic N) is 5. The van der Waals surface area contributed by atoms with E-state index in [1.165, 1.54) is 17.8 Å². The standard InChI is InChI=1S/C20H19F3N6OS/c1-2-3-9-28-15-8-7-13(20(21,22)23)11-14(15)24-19(28)31-12-17(30)25-18-27-26-16-6-4-5-10-29(16)18/h4-8,10-11H,2-3,9,12H2,1H3,(H,25,27,30). The van der Waals surface area contributed by atoms with Gasteiger partial charge in [0.15, 0.2) is 10.8 Å². The third-order valence-electron chi connectivity index (χ3n) is 4.67. The molecule has 0 aliphatic carbocycles. The van der Waals surface area contributed by atoms with Crippen molar-refractivity contribution >= 4 is 40.3 Å². The van der Waals surface area contributed by atoms with E-state index in [2.05, 4.69) is 20.5 Å². The monoisotopic (exact) mass is 448 g/mol. The Kier molecular flexibility index (Phi) is 5.86. The highest BCUT2D eigenvalue weighted by molar-refractivity contribution is 7.99. The highest BCUT2D eigenvalue weighted by Gasteiger charge is 2.31. The second kappa shape index (κ2) is 8.58. The highest BCUT2D eigenvalue weighted by atomic mass is 32.2. The lowest BCUT2D eigenvalue weighted by atomic mass is 10.2. The second-order valence-corrected chi connectivity index (χ2v) is 7.83. The Morgan fingerprint density at radius 1 is 1.19 bits per heavy atom. The normalized spacial score (nSPS) is 12.0. The third kappa shape index (κ3) is 4.50. The van der Waals surface area contributed by atoms with Crippen LogP contribution in [-0.2, 0) is 17.5 Å². The van der Waals surface area contributed by atoms with Gasteiger partial charge in [-0.15, -0.1) is 10.2 Å². The Hall–Kier alpha value is -3.08. The first kappa shape index (κ1) is 21.2. The summed E-state index contributed by atoms with van der Waals surface area (Å²) in [4.78, 5) is 16.8. The lowest BCUT2D eigenvalue weighted by Crippen LogP contribution is -2.16. The number of carbonyl (C=O) groups is 1. The summed E-state index contributed by atoms with van der Waals surface area (Å²) >= 11 is 1.17. The average molecular weight is 448 g/mol. The van der Waals surface area contributed by atoms with Crippen LogP contribution in [0.25, 0.3) is 16.7 Å². The lowest BCUT2D eigenvalue weighted by molar-refractivity contribution is -0.137. The molecule has 4 aromatic rings. The van der Waals surface area contributed by atoms with E-state index in [9.17, 15) is 18.0 Å². The molecule has 0 atom stereocenters. The first-order valence-corrected chi connectivity index (χ1v) is 10.7. The summed E-state index contributed by atoms with van der Waals surface area (Å²) in [5, 5.41) is 11.1. The van der Waals surface area contributed by atoms with Gasteiger partial charge in [-0.2, -0.15) is 13.2 Å². The van der Waals surface area contributed by atoms with E-state index < -0.39 is 11.7 Å². The number of thioether (sulfide) groups is 1. The Bertz CT molecular complexity index is 1230. The van der Waals surface area contributed by atoms with Crippen molar-refractivity contribution in [3.8, 4) is 0 Å². The molecule has 3 aromatic heterocycles. The quantitative estimate of drug-likeness (QED) is 0.417. The number of hydrogen-bond donors (Lipinski definition) is 1. The maximum Gasteiger partial charge on any atom is 0.416 e. The topological polar surface area (TPSA) is 77.1 Å². The number of aryl methyl sites for hydroxylation is 1. The fourth-order valence-corrected chi connectivity index (χ4v) is 3.98. The first-order chi connectivity index (χ1) is 14.9. The molecule has 31 heavy (non-hydrogen) atoms. The van der Waals surface area contributed by atoms with Crippen molar-refractivity contribution in [1.29, 1.82) is 0 Å². The van der Waals surface area contributed by atoms with Gasteiger partial charge >= 0.3 is 6.18 Å². The number of imidazole rings is 1. The number of hydrogen-bond acceptors (Lipinski definition) is 5. The highest BCUT2D eigenvalue weighted by Crippen LogP contribution is 2.33. The number of nitrogens with one attached hydrogen (secondary N) is 1. The van der Waals surface area contributed by atoms with Crippen LogP contribution >= 0.6 is 11.8 Å². The molecule has 0 bridgehead atoms. The van der Waals surface area contributed by atoms with Gasteiger partial charge in [-0.25, -0.2) is 4.98 Å². The van der Waals surface area contributed by atoms with Crippen LogP contribution < -0.4 is 5.32 Å². The van der Waals surface area contributed by atoms with E-state index >= 15 is 0 Å². The van der Waals surface area contributed by atoms with Crippen molar-refractivity contribution < 1.29 is 18.0 Å². The number of carbonyl (C=O) groups excluding carboxylic acids is 1. The molecular formula is C20H19F3N6OS. The minimum Gasteiger partial charge on any atom is -0.319 e. The number of pyridine rings is 1. The molecule has 0 aliphatic heterocycles. The lowest BCUT2D eigenvalue weighted by Gasteiger charge is -2.09. The van der Waals surface area contributed by atoms with Gasteiger partial charge in [-0.05, 0) is 36.8 Å². The van der Waals surface area contributed by atoms with Gasteiger partial charge in [0.2, 0.25) is 11.9 Å². The largest absolute Gasteiger partial charge is 0.416 e. The van der Waals surface area contributed by atoms with Crippen LogP contribution in [0.2, 0.25) is 0 Å². The first-order valence-electron chi connectivity index (χ1n) is 9.66. The minimum absolute atomic E-state index is 0.0311. The molecule has 3 heterocycles. The molecule has 11 heteroatoms. The zero-order valence-corrected chi connectivity index (χ0v) is 17.4. The Morgan fingerprint density at radius 3 is 2.81 bits per heavy atom. The maximum atomic E-state index is 13.1. The Labute approximate surface area is 179 Å². The molecule has 0 fully saturated rings. The van der Waals surface area contributed by atoms with Crippen molar-refractivity contribution in [2.75, 3.05) is 11.1 Å². The minimum atomic E-state index is -4.43. The van der Waals surface area contributed by atoms with Gasteiger partial charge in [0.05, 0.1) is 22.3 Å². The van der Waals surface area contributed by atoms with Crippen LogP contribution in [0, 0.1) is 0 Å². The van der Waals surface area contributed by atoms with Crippen molar-refractivity contribution in [3.05, 3.63) is 48.2 Å². The van der Waals surface area contributed by atoms with Gasteiger partial charge in [0, 0.05) is 12.7 Å². The van der Waals surface area contributed by atoms with Crippen LogP contribution in [0.15, 0.2) is 47.8 Å². The number of amides is 1. The van der Waals surface area contributed by atoms with Gasteiger partial charge in [0.25, 0.3) is 0 Å². The van der Waals surface area contributed by atoms with Crippen molar-refractivity contribution in [3.63, 3.8) is 0 Å². The van der Waals surface area contributed by atoms with Gasteiger partial charge < -0.3 is 4.57 Å². The van der Waals surface area contributed by atoms with Crippen LogP contribution in [0.4, 0.5) is 19.1 Å². The predicted octanol–water partition coefficient (Wildman–Crippen LogP) is 4.63. The van der Waals surface area contributed by atoms with E-state index in [0.29, 0.717) is 28.8 Å².